The Morgan fingerprint density at radius 1 is 1.43 bits per heavy atom. The van der Waals surface area contributed by atoms with Crippen LogP contribution in [-0.4, -0.2) is 23.2 Å². The van der Waals surface area contributed by atoms with Crippen molar-refractivity contribution in [2.24, 2.45) is 0 Å². The smallest absolute Gasteiger partial charge is 0.412 e. The van der Waals surface area contributed by atoms with E-state index in [4.69, 9.17) is 0 Å². The van der Waals surface area contributed by atoms with Crippen LogP contribution in [-0.2, 0) is 4.74 Å². The zero-order valence-electron chi connectivity index (χ0n) is 8.87. The Morgan fingerprint density at radius 3 is 2.57 bits per heavy atom. The number of hydrogen-bond acceptors (Lipinski definition) is 4. The number of rotatable bonds is 1. The highest BCUT2D eigenvalue weighted by molar-refractivity contribution is 5.83. The molecular formula is C9H15N3O2. The molecule has 1 N–H and O–H groups in total. The van der Waals surface area contributed by atoms with Gasteiger partial charge in [0.1, 0.15) is 12.1 Å². The maximum atomic E-state index is 10.7. The van der Waals surface area contributed by atoms with Gasteiger partial charge in [-0.25, -0.2) is 14.8 Å². The summed E-state index contributed by atoms with van der Waals surface area (Å²) in [5, 5.41) is 2.42. The van der Waals surface area contributed by atoms with Crippen LogP contribution in [0.25, 0.3) is 0 Å². The van der Waals surface area contributed by atoms with Crippen LogP contribution in [0.1, 0.15) is 19.5 Å². The molecule has 5 heteroatoms. The summed E-state index contributed by atoms with van der Waals surface area (Å²) < 4.78 is 4.38. The van der Waals surface area contributed by atoms with Crippen LogP contribution in [0.3, 0.4) is 0 Å². The van der Waals surface area contributed by atoms with Crippen LogP contribution in [0.4, 0.5) is 10.6 Å². The van der Waals surface area contributed by atoms with E-state index < -0.39 is 6.09 Å². The molecule has 0 aromatic carbocycles. The van der Waals surface area contributed by atoms with E-state index in [1.54, 1.807) is 6.07 Å². The zero-order valence-corrected chi connectivity index (χ0v) is 8.87. The normalized spacial score (nSPS) is 8.29. The largest absolute Gasteiger partial charge is 0.453 e. The molecule has 0 aliphatic heterocycles. The SMILES string of the molecule is CC.COC(=O)Nc1cc(C)ncn1. The van der Waals surface area contributed by atoms with E-state index in [0.717, 1.165) is 5.69 Å². The van der Waals surface area contributed by atoms with Gasteiger partial charge in [-0.15, -0.1) is 0 Å². The molecule has 1 aromatic rings. The molecule has 0 saturated heterocycles. The number of nitrogens with zero attached hydrogens (tertiary/aromatic N) is 2. The Labute approximate surface area is 83.5 Å². The third-order valence-electron chi connectivity index (χ3n) is 1.22. The predicted molar refractivity (Wildman–Crippen MR) is 54.1 cm³/mol. The average molecular weight is 197 g/mol. The third-order valence-corrected chi connectivity index (χ3v) is 1.22. The fourth-order valence-electron chi connectivity index (χ4n) is 0.678. The fraction of sp³-hybridized carbons (Fsp3) is 0.444. The number of methoxy groups -OCH3 is 1. The van der Waals surface area contributed by atoms with Gasteiger partial charge in [-0.05, 0) is 6.92 Å². The summed E-state index contributed by atoms with van der Waals surface area (Å²) in [4.78, 5) is 18.4. The van der Waals surface area contributed by atoms with Crippen LogP contribution in [0.5, 0.6) is 0 Å². The number of aryl methyl sites for hydroxylation is 1. The van der Waals surface area contributed by atoms with Crippen molar-refractivity contribution in [1.29, 1.82) is 0 Å². The molecule has 78 valence electrons. The van der Waals surface area contributed by atoms with E-state index in [1.165, 1.54) is 13.4 Å². The number of carbonyl (C=O) groups is 1. The van der Waals surface area contributed by atoms with E-state index in [9.17, 15) is 4.79 Å². The summed E-state index contributed by atoms with van der Waals surface area (Å²) in [7, 11) is 1.30. The summed E-state index contributed by atoms with van der Waals surface area (Å²) in [6.45, 7) is 5.81. The number of aromatic nitrogens is 2. The van der Waals surface area contributed by atoms with Crippen LogP contribution in [0.15, 0.2) is 12.4 Å². The number of carbonyl (C=O) groups excluding carboxylic acids is 1. The summed E-state index contributed by atoms with van der Waals surface area (Å²) >= 11 is 0. The van der Waals surface area contributed by atoms with E-state index in [2.05, 4.69) is 20.0 Å². The fourth-order valence-corrected chi connectivity index (χ4v) is 0.678. The lowest BCUT2D eigenvalue weighted by Gasteiger charge is -2.01. The molecule has 0 unspecified atom stereocenters. The number of ether oxygens (including phenoxy) is 1. The first-order valence-electron chi connectivity index (χ1n) is 4.36. The van der Waals surface area contributed by atoms with Gasteiger partial charge in [0.25, 0.3) is 0 Å². The van der Waals surface area contributed by atoms with Gasteiger partial charge in [0.05, 0.1) is 7.11 Å². The first-order valence-corrected chi connectivity index (χ1v) is 4.36. The minimum absolute atomic E-state index is 0.439. The van der Waals surface area contributed by atoms with Crippen LogP contribution < -0.4 is 5.32 Å². The second-order valence-electron chi connectivity index (χ2n) is 2.16. The highest BCUT2D eigenvalue weighted by atomic mass is 16.5. The first-order chi connectivity index (χ1) is 6.72. The van der Waals surface area contributed by atoms with Crippen LogP contribution in [0.2, 0.25) is 0 Å². The van der Waals surface area contributed by atoms with Gasteiger partial charge in [-0.1, -0.05) is 13.8 Å². The first kappa shape index (κ1) is 12.3. The summed E-state index contributed by atoms with van der Waals surface area (Å²) in [6.07, 6.45) is 0.841. The zero-order chi connectivity index (χ0) is 11.0. The molecule has 1 amide bonds. The molecule has 14 heavy (non-hydrogen) atoms. The van der Waals surface area contributed by atoms with E-state index in [-0.39, 0.29) is 0 Å². The molecule has 5 nitrogen and oxygen atoms in total. The molecule has 1 aromatic heterocycles. The van der Waals surface area contributed by atoms with Gasteiger partial charge in [0.15, 0.2) is 0 Å². The van der Waals surface area contributed by atoms with Crippen LogP contribution >= 0.6 is 0 Å². The van der Waals surface area contributed by atoms with Gasteiger partial charge in [0, 0.05) is 11.8 Å². The Kier molecular flexibility index (Phi) is 6.02. The second kappa shape index (κ2) is 6.82. The molecule has 0 aliphatic rings. The quantitative estimate of drug-likeness (QED) is 0.747. The van der Waals surface area contributed by atoms with Gasteiger partial charge < -0.3 is 4.74 Å². The maximum Gasteiger partial charge on any atom is 0.412 e. The topological polar surface area (TPSA) is 64.1 Å². The van der Waals surface area contributed by atoms with Gasteiger partial charge in [-0.2, -0.15) is 0 Å². The van der Waals surface area contributed by atoms with Gasteiger partial charge in [-0.3, -0.25) is 5.32 Å². The molecule has 0 aliphatic carbocycles. The summed E-state index contributed by atoms with van der Waals surface area (Å²) in [5.74, 6) is 0.439. The third kappa shape index (κ3) is 4.39. The summed E-state index contributed by atoms with van der Waals surface area (Å²) in [5.41, 5.74) is 0.788. The van der Waals surface area contributed by atoms with Crippen molar-refractivity contribution < 1.29 is 9.53 Å². The second-order valence-corrected chi connectivity index (χ2v) is 2.16. The minimum atomic E-state index is -0.534. The monoisotopic (exact) mass is 197 g/mol. The summed E-state index contributed by atoms with van der Waals surface area (Å²) in [6, 6.07) is 1.65. The van der Waals surface area contributed by atoms with Crippen molar-refractivity contribution in [3.8, 4) is 0 Å². The Hall–Kier alpha value is -1.65. The molecule has 0 spiro atoms. The molecule has 0 radical (unpaired) electrons. The number of anilines is 1. The molecule has 1 heterocycles. The Bertz CT molecular complexity index is 289. The van der Waals surface area contributed by atoms with Crippen molar-refractivity contribution in [2.45, 2.75) is 20.8 Å². The van der Waals surface area contributed by atoms with E-state index >= 15 is 0 Å². The molecule has 0 saturated carbocycles. The Balaban J connectivity index is 0.000000791. The van der Waals surface area contributed by atoms with Gasteiger partial charge >= 0.3 is 6.09 Å². The standard InChI is InChI=1S/C7H9N3O2.C2H6/c1-5-3-6(9-4-8-5)10-7(11)12-2;1-2/h3-4H,1-2H3,(H,8,9,10,11);1-2H3. The number of hydrogen-bond donors (Lipinski definition) is 1. The number of nitrogens with one attached hydrogen (secondary N) is 1. The van der Waals surface area contributed by atoms with Crippen molar-refractivity contribution in [3.63, 3.8) is 0 Å². The van der Waals surface area contributed by atoms with Crippen molar-refractivity contribution in [3.05, 3.63) is 18.1 Å². The lowest BCUT2D eigenvalue weighted by molar-refractivity contribution is 0.187. The van der Waals surface area contributed by atoms with Crippen molar-refractivity contribution in [2.75, 3.05) is 12.4 Å². The predicted octanol–water partition coefficient (Wildman–Crippen LogP) is 1.99. The van der Waals surface area contributed by atoms with E-state index in [1.807, 2.05) is 20.8 Å². The molecule has 0 fully saturated rings. The lowest BCUT2D eigenvalue weighted by Crippen LogP contribution is -2.12. The molecular weight excluding hydrogens is 182 g/mol. The lowest BCUT2D eigenvalue weighted by atomic mass is 10.4. The minimum Gasteiger partial charge on any atom is -0.453 e. The van der Waals surface area contributed by atoms with Crippen molar-refractivity contribution >= 4 is 11.9 Å². The molecule has 0 bridgehead atoms. The van der Waals surface area contributed by atoms with Gasteiger partial charge in [0.2, 0.25) is 0 Å². The maximum absolute atomic E-state index is 10.7. The van der Waals surface area contributed by atoms with E-state index in [0.29, 0.717) is 5.82 Å². The van der Waals surface area contributed by atoms with Crippen molar-refractivity contribution in [1.82, 2.24) is 9.97 Å². The van der Waals surface area contributed by atoms with Crippen LogP contribution in [0, 0.1) is 6.92 Å². The highest BCUT2D eigenvalue weighted by Gasteiger charge is 2.00. The average Bonchev–Trinajstić information content (AvgIpc) is 2.21. The molecule has 0 atom stereocenters. The molecule has 1 rings (SSSR count). The Morgan fingerprint density at radius 2 is 2.07 bits per heavy atom. The highest BCUT2D eigenvalue weighted by Crippen LogP contribution is 2.02. The number of amides is 1.